The molecule has 1 aliphatic heterocycles. The normalized spacial score (nSPS) is 16.7. The van der Waals surface area contributed by atoms with E-state index in [1.165, 1.54) is 0 Å². The minimum Gasteiger partial charge on any atom is -0.366 e. The van der Waals surface area contributed by atoms with E-state index in [0.717, 1.165) is 44.0 Å². The number of piperazine rings is 1. The highest BCUT2D eigenvalue weighted by Crippen LogP contribution is 2.30. The van der Waals surface area contributed by atoms with Crippen molar-refractivity contribution in [3.05, 3.63) is 51.8 Å². The van der Waals surface area contributed by atoms with Gasteiger partial charge in [-0.05, 0) is 23.8 Å². The lowest BCUT2D eigenvalue weighted by molar-refractivity contribution is -0.130. The molecule has 0 radical (unpaired) electrons. The molecule has 1 fully saturated rings. The van der Waals surface area contributed by atoms with Gasteiger partial charge in [-0.15, -0.1) is 0 Å². The second-order valence-electron chi connectivity index (χ2n) is 6.27. The molecular formula is C18H22Cl2N4O2. The molecule has 3 rings (SSSR count). The maximum Gasteiger partial charge on any atom is 0.219 e. The number of hydrogen-bond donors (Lipinski definition) is 1. The van der Waals surface area contributed by atoms with E-state index in [1.807, 2.05) is 23.1 Å². The summed E-state index contributed by atoms with van der Waals surface area (Å²) in [6, 6.07) is 7.37. The van der Waals surface area contributed by atoms with Gasteiger partial charge in [0.15, 0.2) is 0 Å². The monoisotopic (exact) mass is 396 g/mol. The molecule has 1 amide bonds. The number of aromatic amines is 1. The first-order chi connectivity index (χ1) is 12.5. The van der Waals surface area contributed by atoms with Crippen LogP contribution in [0, 0.1) is 0 Å². The number of carbonyl (C=O) groups excluding carboxylic acids is 1. The summed E-state index contributed by atoms with van der Waals surface area (Å²) >= 11 is 12.2. The van der Waals surface area contributed by atoms with Crippen LogP contribution in [0.1, 0.15) is 24.3 Å². The van der Waals surface area contributed by atoms with Gasteiger partial charge in [0.2, 0.25) is 5.91 Å². The van der Waals surface area contributed by atoms with Crippen molar-refractivity contribution in [1.29, 1.82) is 0 Å². The fourth-order valence-corrected chi connectivity index (χ4v) is 3.34. The molecule has 8 heteroatoms. The van der Waals surface area contributed by atoms with Crippen molar-refractivity contribution in [2.24, 2.45) is 0 Å². The number of benzene rings is 1. The Morgan fingerprint density at radius 3 is 2.62 bits per heavy atom. The summed E-state index contributed by atoms with van der Waals surface area (Å²) in [5.41, 5.74) is 1.71. The van der Waals surface area contributed by atoms with Crippen LogP contribution in [-0.2, 0) is 9.53 Å². The molecule has 1 N–H and O–H groups in total. The van der Waals surface area contributed by atoms with Crippen molar-refractivity contribution >= 4 is 29.1 Å². The SMILES string of the molecule is CC(=O)N1CCN(CCOC(c2ccc(Cl)c(Cl)c2)c2cc[nH]n2)CC1. The molecule has 2 aromatic rings. The minimum absolute atomic E-state index is 0.138. The van der Waals surface area contributed by atoms with Gasteiger partial charge in [-0.25, -0.2) is 0 Å². The molecule has 0 aliphatic carbocycles. The molecule has 1 atom stereocenters. The van der Waals surface area contributed by atoms with Gasteiger partial charge in [0, 0.05) is 45.8 Å². The number of aromatic nitrogens is 2. The fourth-order valence-electron chi connectivity index (χ4n) is 3.03. The van der Waals surface area contributed by atoms with Crippen LogP contribution in [0.5, 0.6) is 0 Å². The largest absolute Gasteiger partial charge is 0.366 e. The molecule has 1 aromatic heterocycles. The molecule has 26 heavy (non-hydrogen) atoms. The molecule has 1 saturated heterocycles. The molecule has 1 aliphatic rings. The van der Waals surface area contributed by atoms with Crippen LogP contribution in [0.4, 0.5) is 0 Å². The summed E-state index contributed by atoms with van der Waals surface area (Å²) in [7, 11) is 0. The van der Waals surface area contributed by atoms with E-state index in [0.29, 0.717) is 16.7 Å². The predicted molar refractivity (Wildman–Crippen MR) is 102 cm³/mol. The summed E-state index contributed by atoms with van der Waals surface area (Å²) in [6.45, 7) is 6.23. The quantitative estimate of drug-likeness (QED) is 0.814. The zero-order valence-electron chi connectivity index (χ0n) is 14.6. The Bertz CT molecular complexity index is 731. The topological polar surface area (TPSA) is 61.5 Å². The van der Waals surface area contributed by atoms with Crippen molar-refractivity contribution in [1.82, 2.24) is 20.0 Å². The number of rotatable bonds is 6. The molecule has 1 unspecified atom stereocenters. The molecule has 6 nitrogen and oxygen atoms in total. The first kappa shape index (κ1) is 19.2. The number of halogens is 2. The first-order valence-electron chi connectivity index (χ1n) is 8.58. The Hall–Kier alpha value is -1.60. The second kappa shape index (κ2) is 8.86. The molecule has 0 spiro atoms. The third kappa shape index (κ3) is 4.76. The maximum atomic E-state index is 11.4. The van der Waals surface area contributed by atoms with Crippen molar-refractivity contribution in [2.45, 2.75) is 13.0 Å². The van der Waals surface area contributed by atoms with Crippen LogP contribution in [0.2, 0.25) is 10.0 Å². The van der Waals surface area contributed by atoms with Gasteiger partial charge in [0.25, 0.3) is 0 Å². The number of hydrogen-bond acceptors (Lipinski definition) is 4. The highest BCUT2D eigenvalue weighted by atomic mass is 35.5. The Kier molecular flexibility index (Phi) is 6.53. The van der Waals surface area contributed by atoms with Gasteiger partial charge < -0.3 is 9.64 Å². The molecule has 2 heterocycles. The minimum atomic E-state index is -0.311. The zero-order chi connectivity index (χ0) is 18.5. The Balaban J connectivity index is 1.59. The smallest absolute Gasteiger partial charge is 0.219 e. The van der Waals surface area contributed by atoms with Gasteiger partial charge in [0.1, 0.15) is 6.10 Å². The van der Waals surface area contributed by atoms with E-state index < -0.39 is 0 Å². The van der Waals surface area contributed by atoms with Gasteiger partial charge >= 0.3 is 0 Å². The summed E-state index contributed by atoms with van der Waals surface area (Å²) < 4.78 is 6.14. The summed E-state index contributed by atoms with van der Waals surface area (Å²) in [6.07, 6.45) is 1.46. The van der Waals surface area contributed by atoms with E-state index >= 15 is 0 Å². The first-order valence-corrected chi connectivity index (χ1v) is 9.34. The lowest BCUT2D eigenvalue weighted by atomic mass is 10.1. The van der Waals surface area contributed by atoms with Crippen molar-refractivity contribution in [3.8, 4) is 0 Å². The average Bonchev–Trinajstić information content (AvgIpc) is 3.16. The number of nitrogens with zero attached hydrogens (tertiary/aromatic N) is 3. The van der Waals surface area contributed by atoms with Crippen molar-refractivity contribution in [3.63, 3.8) is 0 Å². The average molecular weight is 397 g/mol. The molecule has 0 saturated carbocycles. The van der Waals surface area contributed by atoms with E-state index in [1.54, 1.807) is 19.2 Å². The van der Waals surface area contributed by atoms with Crippen LogP contribution in [0.15, 0.2) is 30.5 Å². The molecule has 0 bridgehead atoms. The van der Waals surface area contributed by atoms with E-state index in [9.17, 15) is 4.79 Å². The molecular weight excluding hydrogens is 375 g/mol. The second-order valence-corrected chi connectivity index (χ2v) is 7.09. The Labute approximate surface area is 163 Å². The number of ether oxygens (including phenoxy) is 1. The number of carbonyl (C=O) groups is 1. The fraction of sp³-hybridized carbons (Fsp3) is 0.444. The van der Waals surface area contributed by atoms with Gasteiger partial charge in [-0.2, -0.15) is 5.10 Å². The van der Waals surface area contributed by atoms with E-state index in [2.05, 4.69) is 15.1 Å². The van der Waals surface area contributed by atoms with Crippen molar-refractivity contribution < 1.29 is 9.53 Å². The van der Waals surface area contributed by atoms with Gasteiger partial charge in [0.05, 0.1) is 22.3 Å². The number of amides is 1. The van der Waals surface area contributed by atoms with E-state index in [-0.39, 0.29) is 12.0 Å². The number of H-pyrrole nitrogens is 1. The number of nitrogens with one attached hydrogen (secondary N) is 1. The molecule has 1 aromatic carbocycles. The zero-order valence-corrected chi connectivity index (χ0v) is 16.1. The van der Waals surface area contributed by atoms with Crippen LogP contribution in [0.3, 0.4) is 0 Å². The molecule has 140 valence electrons. The lowest BCUT2D eigenvalue weighted by Gasteiger charge is -2.34. The van der Waals surface area contributed by atoms with Crippen LogP contribution >= 0.6 is 23.2 Å². The summed E-state index contributed by atoms with van der Waals surface area (Å²) in [5, 5.41) is 8.09. The van der Waals surface area contributed by atoms with Crippen LogP contribution in [0.25, 0.3) is 0 Å². The Morgan fingerprint density at radius 2 is 2.00 bits per heavy atom. The Morgan fingerprint density at radius 1 is 1.23 bits per heavy atom. The van der Waals surface area contributed by atoms with Gasteiger partial charge in [-0.1, -0.05) is 29.3 Å². The van der Waals surface area contributed by atoms with Crippen LogP contribution < -0.4 is 0 Å². The lowest BCUT2D eigenvalue weighted by Crippen LogP contribution is -2.48. The maximum absolute atomic E-state index is 11.4. The highest BCUT2D eigenvalue weighted by Gasteiger charge is 2.21. The standard InChI is InChI=1S/C18H22Cl2N4O2/c1-13(25)24-8-6-23(7-9-24)10-11-26-18(17-4-5-21-22-17)14-2-3-15(19)16(20)12-14/h2-5,12,18H,6-11H2,1H3,(H,21,22). The van der Waals surface area contributed by atoms with Gasteiger partial charge in [-0.3, -0.25) is 14.8 Å². The summed E-state index contributed by atoms with van der Waals surface area (Å²) in [5.74, 6) is 0.138. The van der Waals surface area contributed by atoms with Crippen LogP contribution in [-0.4, -0.2) is 65.2 Å². The third-order valence-electron chi connectivity index (χ3n) is 4.55. The van der Waals surface area contributed by atoms with E-state index in [4.69, 9.17) is 27.9 Å². The summed E-state index contributed by atoms with van der Waals surface area (Å²) in [4.78, 5) is 15.6. The predicted octanol–water partition coefficient (Wildman–Crippen LogP) is 2.99. The highest BCUT2D eigenvalue weighted by molar-refractivity contribution is 6.42. The third-order valence-corrected chi connectivity index (χ3v) is 5.29. The van der Waals surface area contributed by atoms with Crippen molar-refractivity contribution in [2.75, 3.05) is 39.3 Å².